The van der Waals surface area contributed by atoms with Crippen LogP contribution in [0.1, 0.15) is 18.4 Å². The van der Waals surface area contributed by atoms with E-state index in [-0.39, 0.29) is 24.9 Å². The van der Waals surface area contributed by atoms with E-state index in [0.717, 1.165) is 18.2 Å². The van der Waals surface area contributed by atoms with Crippen LogP contribution >= 0.6 is 0 Å². The standard InChI is InChI=1S/C11H11F2NO3/c12-8-3-7(4-9(13)5-8)6-14-10(15)1-2-11(16)17/h3-5H,1-2,6H2,(H,14,15)(H,16,17). The largest absolute Gasteiger partial charge is 0.481 e. The van der Waals surface area contributed by atoms with Gasteiger partial charge >= 0.3 is 5.97 Å². The highest BCUT2D eigenvalue weighted by Gasteiger charge is 2.06. The first-order valence-corrected chi connectivity index (χ1v) is 4.91. The third-order valence-electron chi connectivity index (χ3n) is 1.98. The number of benzene rings is 1. The first-order valence-electron chi connectivity index (χ1n) is 4.91. The molecule has 0 unspecified atom stereocenters. The maximum Gasteiger partial charge on any atom is 0.303 e. The number of carbonyl (C=O) groups is 2. The number of rotatable bonds is 5. The van der Waals surface area contributed by atoms with E-state index >= 15 is 0 Å². The number of carboxylic acid groups (broad SMARTS) is 1. The normalized spacial score (nSPS) is 10.0. The Kier molecular flexibility index (Phi) is 4.56. The summed E-state index contributed by atoms with van der Waals surface area (Å²) in [5, 5.41) is 10.7. The highest BCUT2D eigenvalue weighted by Crippen LogP contribution is 2.07. The van der Waals surface area contributed by atoms with Crippen molar-refractivity contribution in [2.75, 3.05) is 0 Å². The van der Waals surface area contributed by atoms with E-state index in [1.54, 1.807) is 0 Å². The second-order valence-electron chi connectivity index (χ2n) is 3.45. The lowest BCUT2D eigenvalue weighted by molar-refractivity contribution is -0.138. The number of amides is 1. The molecule has 0 aliphatic rings. The molecule has 0 radical (unpaired) electrons. The van der Waals surface area contributed by atoms with E-state index in [0.29, 0.717) is 0 Å². The van der Waals surface area contributed by atoms with Crippen molar-refractivity contribution in [3.8, 4) is 0 Å². The van der Waals surface area contributed by atoms with Gasteiger partial charge in [-0.1, -0.05) is 0 Å². The van der Waals surface area contributed by atoms with Crippen LogP contribution < -0.4 is 5.32 Å². The van der Waals surface area contributed by atoms with Crippen molar-refractivity contribution in [3.05, 3.63) is 35.4 Å². The molecule has 92 valence electrons. The van der Waals surface area contributed by atoms with Crippen molar-refractivity contribution in [3.63, 3.8) is 0 Å². The van der Waals surface area contributed by atoms with Gasteiger partial charge in [-0.05, 0) is 17.7 Å². The minimum absolute atomic E-state index is 0.0346. The number of aliphatic carboxylic acids is 1. The molecule has 0 spiro atoms. The molecule has 0 bridgehead atoms. The smallest absolute Gasteiger partial charge is 0.303 e. The minimum Gasteiger partial charge on any atom is -0.481 e. The van der Waals surface area contributed by atoms with Crippen molar-refractivity contribution < 1.29 is 23.5 Å². The predicted molar refractivity (Wildman–Crippen MR) is 55.1 cm³/mol. The molecular formula is C11H11F2NO3. The molecule has 1 aromatic carbocycles. The number of hydrogen-bond donors (Lipinski definition) is 2. The average molecular weight is 243 g/mol. The molecule has 0 saturated carbocycles. The maximum absolute atomic E-state index is 12.8. The zero-order valence-electron chi connectivity index (χ0n) is 8.87. The van der Waals surface area contributed by atoms with Crippen LogP contribution in [0.4, 0.5) is 8.78 Å². The Bertz CT molecular complexity index is 414. The monoisotopic (exact) mass is 243 g/mol. The summed E-state index contributed by atoms with van der Waals surface area (Å²) in [5.74, 6) is -2.99. The van der Waals surface area contributed by atoms with Gasteiger partial charge in [0, 0.05) is 19.0 Å². The van der Waals surface area contributed by atoms with Crippen molar-refractivity contribution >= 4 is 11.9 Å². The van der Waals surface area contributed by atoms with Gasteiger partial charge in [-0.2, -0.15) is 0 Å². The van der Waals surface area contributed by atoms with Gasteiger partial charge in [-0.25, -0.2) is 8.78 Å². The summed E-state index contributed by atoms with van der Waals surface area (Å²) in [6.45, 7) is -0.0346. The highest BCUT2D eigenvalue weighted by molar-refractivity contribution is 5.80. The molecule has 0 saturated heterocycles. The number of nitrogens with one attached hydrogen (secondary N) is 1. The zero-order valence-corrected chi connectivity index (χ0v) is 8.87. The molecule has 4 nitrogen and oxygen atoms in total. The van der Waals surface area contributed by atoms with Gasteiger partial charge in [0.05, 0.1) is 6.42 Å². The fourth-order valence-corrected chi connectivity index (χ4v) is 1.22. The molecule has 1 amide bonds. The molecule has 1 rings (SSSR count). The molecule has 0 atom stereocenters. The molecule has 0 fully saturated rings. The first kappa shape index (κ1) is 13.1. The quantitative estimate of drug-likeness (QED) is 0.822. The topological polar surface area (TPSA) is 66.4 Å². The predicted octanol–water partition coefficient (Wildman–Crippen LogP) is 1.45. The van der Waals surface area contributed by atoms with Crippen molar-refractivity contribution in [2.45, 2.75) is 19.4 Å². The van der Waals surface area contributed by atoms with Gasteiger partial charge in [0.25, 0.3) is 0 Å². The molecule has 2 N–H and O–H groups in total. The van der Waals surface area contributed by atoms with E-state index in [4.69, 9.17) is 5.11 Å². The van der Waals surface area contributed by atoms with Crippen molar-refractivity contribution in [1.29, 1.82) is 0 Å². The fourth-order valence-electron chi connectivity index (χ4n) is 1.22. The molecule has 6 heteroatoms. The lowest BCUT2D eigenvalue weighted by Gasteiger charge is -2.04. The molecule has 0 aromatic heterocycles. The Labute approximate surface area is 96.3 Å². The Hall–Kier alpha value is -1.98. The highest BCUT2D eigenvalue weighted by atomic mass is 19.1. The van der Waals surface area contributed by atoms with E-state index in [1.165, 1.54) is 0 Å². The minimum atomic E-state index is -1.07. The molecule has 17 heavy (non-hydrogen) atoms. The zero-order chi connectivity index (χ0) is 12.8. The van der Waals surface area contributed by atoms with Crippen LogP contribution in [-0.4, -0.2) is 17.0 Å². The van der Waals surface area contributed by atoms with E-state index in [2.05, 4.69) is 5.32 Å². The number of carbonyl (C=O) groups excluding carboxylic acids is 1. The first-order chi connectivity index (χ1) is 7.97. The third kappa shape index (κ3) is 5.05. The number of hydrogen-bond acceptors (Lipinski definition) is 2. The summed E-state index contributed by atoms with van der Waals surface area (Å²) >= 11 is 0. The van der Waals surface area contributed by atoms with Crippen LogP contribution in [-0.2, 0) is 16.1 Å². The van der Waals surface area contributed by atoms with Crippen LogP contribution in [0.3, 0.4) is 0 Å². The fraction of sp³-hybridized carbons (Fsp3) is 0.273. The van der Waals surface area contributed by atoms with Gasteiger partial charge in [-0.15, -0.1) is 0 Å². The van der Waals surface area contributed by atoms with Gasteiger partial charge in [0.1, 0.15) is 11.6 Å². The summed E-state index contributed by atoms with van der Waals surface area (Å²) < 4.78 is 25.6. The summed E-state index contributed by atoms with van der Waals surface area (Å²) in [7, 11) is 0. The SMILES string of the molecule is O=C(O)CCC(=O)NCc1cc(F)cc(F)c1. The van der Waals surface area contributed by atoms with Gasteiger partial charge in [0.2, 0.25) is 5.91 Å². The second-order valence-corrected chi connectivity index (χ2v) is 3.45. The van der Waals surface area contributed by atoms with Gasteiger partial charge in [0.15, 0.2) is 0 Å². The second kappa shape index (κ2) is 5.93. The molecule has 1 aromatic rings. The lowest BCUT2D eigenvalue weighted by Crippen LogP contribution is -2.23. The van der Waals surface area contributed by atoms with E-state index in [1.807, 2.05) is 0 Å². The van der Waals surface area contributed by atoms with Crippen LogP contribution in [0.25, 0.3) is 0 Å². The van der Waals surface area contributed by atoms with Gasteiger partial charge in [-0.3, -0.25) is 9.59 Å². The summed E-state index contributed by atoms with van der Waals surface area (Å²) in [6.07, 6.45) is -0.434. The molecule has 0 aliphatic heterocycles. The van der Waals surface area contributed by atoms with E-state index in [9.17, 15) is 18.4 Å². The average Bonchev–Trinajstić information content (AvgIpc) is 2.22. The van der Waals surface area contributed by atoms with Gasteiger partial charge < -0.3 is 10.4 Å². The van der Waals surface area contributed by atoms with Crippen LogP contribution in [0.5, 0.6) is 0 Å². The number of halogens is 2. The van der Waals surface area contributed by atoms with Crippen LogP contribution in [0.15, 0.2) is 18.2 Å². The van der Waals surface area contributed by atoms with Crippen LogP contribution in [0, 0.1) is 11.6 Å². The Morgan fingerprint density at radius 2 is 1.71 bits per heavy atom. The Morgan fingerprint density at radius 3 is 2.24 bits per heavy atom. The Balaban J connectivity index is 2.44. The van der Waals surface area contributed by atoms with Crippen molar-refractivity contribution in [2.24, 2.45) is 0 Å². The third-order valence-corrected chi connectivity index (χ3v) is 1.98. The molecule has 0 aliphatic carbocycles. The summed E-state index contributed by atoms with van der Waals surface area (Å²) in [4.78, 5) is 21.3. The summed E-state index contributed by atoms with van der Waals surface area (Å²) in [6, 6.07) is 2.93. The molecular weight excluding hydrogens is 232 g/mol. The summed E-state index contributed by atoms with van der Waals surface area (Å²) in [5.41, 5.74) is 0.283. The number of carboxylic acids is 1. The lowest BCUT2D eigenvalue weighted by atomic mass is 10.2. The molecule has 0 heterocycles. The van der Waals surface area contributed by atoms with Crippen LogP contribution in [0.2, 0.25) is 0 Å². The van der Waals surface area contributed by atoms with Crippen molar-refractivity contribution in [1.82, 2.24) is 5.32 Å². The maximum atomic E-state index is 12.8. The van der Waals surface area contributed by atoms with E-state index < -0.39 is 23.5 Å². The Morgan fingerprint density at radius 1 is 1.12 bits per heavy atom.